The fourth-order valence-electron chi connectivity index (χ4n) is 3.35. The highest BCUT2D eigenvalue weighted by Crippen LogP contribution is 2.33. The molecule has 26 heavy (non-hydrogen) atoms. The normalized spacial score (nSPS) is 11.2. The van der Waals surface area contributed by atoms with E-state index >= 15 is 0 Å². The largest absolute Gasteiger partial charge is 0.296 e. The van der Waals surface area contributed by atoms with Crippen molar-refractivity contribution in [3.05, 3.63) is 83.9 Å². The lowest BCUT2D eigenvalue weighted by Gasteiger charge is -2.04. The Morgan fingerprint density at radius 2 is 1.62 bits per heavy atom. The molecule has 0 atom stereocenters. The molecule has 0 aliphatic heterocycles. The van der Waals surface area contributed by atoms with E-state index in [1.165, 1.54) is 5.39 Å². The summed E-state index contributed by atoms with van der Waals surface area (Å²) in [6, 6.07) is 24.5. The highest BCUT2D eigenvalue weighted by Gasteiger charge is 2.18. The molecule has 5 aromatic rings. The molecule has 5 rings (SSSR count). The zero-order valence-corrected chi connectivity index (χ0v) is 14.6. The number of fused-ring (bicyclic) bond motifs is 2. The van der Waals surface area contributed by atoms with Crippen molar-refractivity contribution in [1.29, 1.82) is 0 Å². The van der Waals surface area contributed by atoms with Crippen LogP contribution in [0.4, 0.5) is 0 Å². The standard InChI is InChI=1S/C22H14N2OS/c25-13-19-21(18-11-10-15-6-4-5-9-17(15)12-18)23-22-24(19)20(14-26-22)16-7-2-1-3-8-16/h1-14H. The topological polar surface area (TPSA) is 34.4 Å². The number of hydrogen-bond acceptors (Lipinski definition) is 3. The molecular formula is C22H14N2OS. The third-order valence-electron chi connectivity index (χ3n) is 4.60. The van der Waals surface area contributed by atoms with Crippen LogP contribution >= 0.6 is 11.3 Å². The molecule has 0 amide bonds. The average molecular weight is 354 g/mol. The Morgan fingerprint density at radius 1 is 0.846 bits per heavy atom. The summed E-state index contributed by atoms with van der Waals surface area (Å²) in [6.07, 6.45) is 0.906. The first kappa shape index (κ1) is 15.0. The Bertz CT molecular complexity index is 1250. The molecule has 124 valence electrons. The molecule has 0 aliphatic rings. The van der Waals surface area contributed by atoms with E-state index in [2.05, 4.69) is 29.6 Å². The molecule has 4 heteroatoms. The van der Waals surface area contributed by atoms with Gasteiger partial charge in [-0.05, 0) is 22.4 Å². The van der Waals surface area contributed by atoms with Crippen molar-refractivity contribution in [2.45, 2.75) is 0 Å². The first-order valence-electron chi connectivity index (χ1n) is 8.35. The SMILES string of the molecule is O=Cc1c(-c2ccc3ccccc3c2)nc2scc(-c3ccccc3)n12. The van der Waals surface area contributed by atoms with E-state index in [4.69, 9.17) is 4.98 Å². The third kappa shape index (κ3) is 2.27. The Kier molecular flexibility index (Phi) is 3.43. The summed E-state index contributed by atoms with van der Waals surface area (Å²) in [7, 11) is 0. The van der Waals surface area contributed by atoms with Crippen LogP contribution < -0.4 is 0 Å². The van der Waals surface area contributed by atoms with E-state index in [0.717, 1.165) is 39.1 Å². The van der Waals surface area contributed by atoms with Gasteiger partial charge in [-0.1, -0.05) is 66.7 Å². The van der Waals surface area contributed by atoms with Crippen LogP contribution in [0.15, 0.2) is 78.2 Å². The maximum atomic E-state index is 12.0. The van der Waals surface area contributed by atoms with E-state index in [1.807, 2.05) is 52.9 Å². The van der Waals surface area contributed by atoms with Crippen molar-refractivity contribution < 1.29 is 4.79 Å². The fraction of sp³-hybridized carbons (Fsp3) is 0. The Hall–Kier alpha value is -3.24. The minimum atomic E-state index is 0.593. The first-order valence-corrected chi connectivity index (χ1v) is 9.23. The maximum Gasteiger partial charge on any atom is 0.195 e. The zero-order chi connectivity index (χ0) is 17.5. The van der Waals surface area contributed by atoms with Gasteiger partial charge in [-0.15, -0.1) is 11.3 Å². The second kappa shape index (κ2) is 5.93. The molecule has 2 aromatic heterocycles. The highest BCUT2D eigenvalue weighted by molar-refractivity contribution is 7.15. The van der Waals surface area contributed by atoms with Crippen molar-refractivity contribution in [1.82, 2.24) is 9.38 Å². The van der Waals surface area contributed by atoms with E-state index in [9.17, 15) is 4.79 Å². The van der Waals surface area contributed by atoms with Crippen molar-refractivity contribution in [3.8, 4) is 22.5 Å². The van der Waals surface area contributed by atoms with Gasteiger partial charge >= 0.3 is 0 Å². The van der Waals surface area contributed by atoms with Crippen LogP contribution in [0.2, 0.25) is 0 Å². The lowest BCUT2D eigenvalue weighted by Crippen LogP contribution is -1.94. The molecule has 3 nitrogen and oxygen atoms in total. The van der Waals surface area contributed by atoms with Crippen molar-refractivity contribution >= 4 is 33.4 Å². The predicted octanol–water partition coefficient (Wildman–Crippen LogP) is 5.70. The van der Waals surface area contributed by atoms with Gasteiger partial charge in [-0.3, -0.25) is 9.20 Å². The molecule has 0 radical (unpaired) electrons. The summed E-state index contributed by atoms with van der Waals surface area (Å²) in [5.74, 6) is 0. The van der Waals surface area contributed by atoms with Gasteiger partial charge in [0.25, 0.3) is 0 Å². The van der Waals surface area contributed by atoms with Gasteiger partial charge < -0.3 is 0 Å². The van der Waals surface area contributed by atoms with Gasteiger partial charge in [0.05, 0.1) is 5.69 Å². The van der Waals surface area contributed by atoms with Gasteiger partial charge in [-0.2, -0.15) is 0 Å². The quantitative estimate of drug-likeness (QED) is 0.390. The number of aldehydes is 1. The van der Waals surface area contributed by atoms with Crippen LogP contribution in [0.5, 0.6) is 0 Å². The number of carbonyl (C=O) groups excluding carboxylic acids is 1. The summed E-state index contributed by atoms with van der Waals surface area (Å²) in [5.41, 5.74) is 4.35. The summed E-state index contributed by atoms with van der Waals surface area (Å²) in [6.45, 7) is 0. The summed E-state index contributed by atoms with van der Waals surface area (Å²) in [5, 5.41) is 4.37. The van der Waals surface area contributed by atoms with Gasteiger partial charge in [0, 0.05) is 10.9 Å². The zero-order valence-electron chi connectivity index (χ0n) is 13.8. The molecule has 2 heterocycles. The van der Waals surface area contributed by atoms with Crippen molar-refractivity contribution in [2.75, 3.05) is 0 Å². The molecule has 0 N–H and O–H groups in total. The van der Waals surface area contributed by atoms with Crippen LogP contribution in [0.25, 0.3) is 38.2 Å². The van der Waals surface area contributed by atoms with E-state index in [-0.39, 0.29) is 0 Å². The van der Waals surface area contributed by atoms with E-state index < -0.39 is 0 Å². The summed E-state index contributed by atoms with van der Waals surface area (Å²) < 4.78 is 1.96. The highest BCUT2D eigenvalue weighted by atomic mass is 32.1. The Balaban J connectivity index is 1.75. The van der Waals surface area contributed by atoms with Crippen LogP contribution in [-0.2, 0) is 0 Å². The predicted molar refractivity (Wildman–Crippen MR) is 107 cm³/mol. The van der Waals surface area contributed by atoms with Crippen LogP contribution in [-0.4, -0.2) is 15.7 Å². The lowest BCUT2D eigenvalue weighted by atomic mass is 10.0. The number of aromatic nitrogens is 2. The monoisotopic (exact) mass is 354 g/mol. The maximum absolute atomic E-state index is 12.0. The smallest absolute Gasteiger partial charge is 0.195 e. The number of nitrogens with zero attached hydrogens (tertiary/aromatic N) is 2. The lowest BCUT2D eigenvalue weighted by molar-refractivity contribution is 0.111. The van der Waals surface area contributed by atoms with Crippen molar-refractivity contribution in [2.24, 2.45) is 0 Å². The first-order chi connectivity index (χ1) is 12.8. The Morgan fingerprint density at radius 3 is 2.42 bits per heavy atom. The summed E-state index contributed by atoms with van der Waals surface area (Å²) in [4.78, 5) is 17.5. The van der Waals surface area contributed by atoms with Crippen LogP contribution in [0.1, 0.15) is 10.5 Å². The van der Waals surface area contributed by atoms with Gasteiger partial charge in [0.2, 0.25) is 0 Å². The molecule has 0 saturated heterocycles. The van der Waals surface area contributed by atoms with E-state index in [1.54, 1.807) is 11.3 Å². The average Bonchev–Trinajstić information content (AvgIpc) is 3.27. The molecule has 0 bridgehead atoms. The van der Waals surface area contributed by atoms with Crippen LogP contribution in [0, 0.1) is 0 Å². The number of benzene rings is 3. The molecular weight excluding hydrogens is 340 g/mol. The van der Waals surface area contributed by atoms with Gasteiger partial charge in [-0.25, -0.2) is 4.98 Å². The van der Waals surface area contributed by atoms with Crippen LogP contribution in [0.3, 0.4) is 0 Å². The minimum Gasteiger partial charge on any atom is -0.296 e. The second-order valence-corrected chi connectivity index (χ2v) is 6.97. The van der Waals surface area contributed by atoms with Crippen molar-refractivity contribution in [3.63, 3.8) is 0 Å². The molecule has 0 fully saturated rings. The van der Waals surface area contributed by atoms with E-state index in [0.29, 0.717) is 5.69 Å². The number of carbonyl (C=O) groups is 1. The van der Waals surface area contributed by atoms with Gasteiger partial charge in [0.15, 0.2) is 11.2 Å². The summed E-state index contributed by atoms with van der Waals surface area (Å²) >= 11 is 1.55. The third-order valence-corrected chi connectivity index (χ3v) is 5.43. The molecule has 0 saturated carbocycles. The Labute approximate surface area is 154 Å². The fourth-order valence-corrected chi connectivity index (χ4v) is 4.25. The van der Waals surface area contributed by atoms with Gasteiger partial charge in [0.1, 0.15) is 11.4 Å². The number of rotatable bonds is 3. The minimum absolute atomic E-state index is 0.593. The number of imidazole rings is 1. The molecule has 0 unspecified atom stereocenters. The number of thiazole rings is 1. The molecule has 0 spiro atoms. The second-order valence-electron chi connectivity index (χ2n) is 6.13. The molecule has 0 aliphatic carbocycles. The molecule has 3 aromatic carbocycles. The number of hydrogen-bond donors (Lipinski definition) is 0.